The summed E-state index contributed by atoms with van der Waals surface area (Å²) in [6, 6.07) is 16.7. The molecule has 5 heteroatoms. The van der Waals surface area contributed by atoms with Gasteiger partial charge < -0.3 is 10.6 Å². The monoisotopic (exact) mass is 297 g/mol. The van der Waals surface area contributed by atoms with Crippen molar-refractivity contribution in [2.75, 3.05) is 18.9 Å². The molecule has 114 valence electrons. The Labute approximate surface area is 129 Å². The van der Waals surface area contributed by atoms with Gasteiger partial charge in [-0.1, -0.05) is 42.5 Å². The van der Waals surface area contributed by atoms with Crippen LogP contribution >= 0.6 is 0 Å². The summed E-state index contributed by atoms with van der Waals surface area (Å²) < 4.78 is 0. The van der Waals surface area contributed by atoms with Crippen LogP contribution in [0.15, 0.2) is 54.6 Å². The lowest BCUT2D eigenvalue weighted by molar-refractivity contribution is 0.0965. The molecule has 5 nitrogen and oxygen atoms in total. The van der Waals surface area contributed by atoms with E-state index in [0.29, 0.717) is 17.8 Å². The highest BCUT2D eigenvalue weighted by atomic mass is 16.2. The minimum Gasteiger partial charge on any atom is -0.384 e. The zero-order valence-electron chi connectivity index (χ0n) is 12.4. The first-order valence-corrected chi connectivity index (χ1v) is 7.10. The van der Waals surface area contributed by atoms with Crippen LogP contribution in [0.5, 0.6) is 0 Å². The number of rotatable bonds is 5. The lowest BCUT2D eigenvalue weighted by Gasteiger charge is -2.11. The van der Waals surface area contributed by atoms with E-state index in [-0.39, 0.29) is 0 Å². The Hall–Kier alpha value is -2.82. The number of urea groups is 1. The van der Waals surface area contributed by atoms with Crippen LogP contribution in [-0.4, -0.2) is 25.5 Å². The Morgan fingerprint density at radius 1 is 0.955 bits per heavy atom. The van der Waals surface area contributed by atoms with Crippen molar-refractivity contribution in [2.45, 2.75) is 6.42 Å². The van der Waals surface area contributed by atoms with Gasteiger partial charge >= 0.3 is 6.03 Å². The third-order valence-electron chi connectivity index (χ3n) is 3.20. The predicted molar refractivity (Wildman–Crippen MR) is 87.0 cm³/mol. The van der Waals surface area contributed by atoms with E-state index in [4.69, 9.17) is 0 Å². The normalized spacial score (nSPS) is 9.86. The highest BCUT2D eigenvalue weighted by Gasteiger charge is 2.12. The van der Waals surface area contributed by atoms with Crippen LogP contribution in [0.25, 0.3) is 0 Å². The maximum atomic E-state index is 12.1. The SMILES string of the molecule is CNC(=O)NC(=O)c1ccccc1NCCc1ccccc1. The van der Waals surface area contributed by atoms with Crippen LogP contribution in [-0.2, 0) is 6.42 Å². The van der Waals surface area contributed by atoms with Crippen molar-refractivity contribution in [2.24, 2.45) is 0 Å². The van der Waals surface area contributed by atoms with Crippen LogP contribution in [0.1, 0.15) is 15.9 Å². The van der Waals surface area contributed by atoms with Gasteiger partial charge in [0.25, 0.3) is 5.91 Å². The molecule has 0 radical (unpaired) electrons. The van der Waals surface area contributed by atoms with Gasteiger partial charge in [-0.2, -0.15) is 0 Å². The van der Waals surface area contributed by atoms with E-state index in [2.05, 4.69) is 28.1 Å². The Bertz CT molecular complexity index is 641. The van der Waals surface area contributed by atoms with E-state index in [9.17, 15) is 9.59 Å². The molecule has 0 fully saturated rings. The number of nitrogens with one attached hydrogen (secondary N) is 3. The standard InChI is InChI=1S/C17H19N3O2/c1-18-17(22)20-16(21)14-9-5-6-10-15(14)19-12-11-13-7-3-2-4-8-13/h2-10,19H,11-12H2,1H3,(H2,18,20,21,22). The van der Waals surface area contributed by atoms with Gasteiger partial charge in [0.2, 0.25) is 0 Å². The number of imide groups is 1. The van der Waals surface area contributed by atoms with Crippen LogP contribution in [0, 0.1) is 0 Å². The maximum absolute atomic E-state index is 12.1. The first-order chi connectivity index (χ1) is 10.7. The van der Waals surface area contributed by atoms with Gasteiger partial charge in [0, 0.05) is 19.3 Å². The third-order valence-corrected chi connectivity index (χ3v) is 3.20. The van der Waals surface area contributed by atoms with E-state index >= 15 is 0 Å². The van der Waals surface area contributed by atoms with Gasteiger partial charge in [-0.3, -0.25) is 10.1 Å². The zero-order valence-corrected chi connectivity index (χ0v) is 12.4. The van der Waals surface area contributed by atoms with Gasteiger partial charge in [0.05, 0.1) is 5.56 Å². The fraction of sp³-hybridized carbons (Fsp3) is 0.176. The molecular weight excluding hydrogens is 278 g/mol. The van der Waals surface area contributed by atoms with Gasteiger partial charge in [-0.15, -0.1) is 0 Å². The number of carbonyl (C=O) groups excluding carboxylic acids is 2. The second kappa shape index (κ2) is 7.83. The van der Waals surface area contributed by atoms with Crippen molar-refractivity contribution in [1.29, 1.82) is 0 Å². The first-order valence-electron chi connectivity index (χ1n) is 7.10. The maximum Gasteiger partial charge on any atom is 0.321 e. The van der Waals surface area contributed by atoms with Crippen LogP contribution in [0.4, 0.5) is 10.5 Å². The summed E-state index contributed by atoms with van der Waals surface area (Å²) in [5, 5.41) is 7.87. The zero-order chi connectivity index (χ0) is 15.8. The topological polar surface area (TPSA) is 70.2 Å². The van der Waals surface area contributed by atoms with Crippen molar-refractivity contribution >= 4 is 17.6 Å². The fourth-order valence-corrected chi connectivity index (χ4v) is 2.05. The Balaban J connectivity index is 1.99. The number of amides is 3. The lowest BCUT2D eigenvalue weighted by Crippen LogP contribution is -2.37. The van der Waals surface area contributed by atoms with E-state index in [1.165, 1.54) is 12.6 Å². The number of benzene rings is 2. The fourth-order valence-electron chi connectivity index (χ4n) is 2.05. The predicted octanol–water partition coefficient (Wildman–Crippen LogP) is 2.41. The summed E-state index contributed by atoms with van der Waals surface area (Å²) in [6.07, 6.45) is 0.853. The second-order valence-electron chi connectivity index (χ2n) is 4.74. The minimum atomic E-state index is -0.524. The molecule has 2 aromatic rings. The van der Waals surface area contributed by atoms with Crippen molar-refractivity contribution < 1.29 is 9.59 Å². The summed E-state index contributed by atoms with van der Waals surface area (Å²) in [7, 11) is 1.46. The number of hydrogen-bond acceptors (Lipinski definition) is 3. The van der Waals surface area contributed by atoms with Gasteiger partial charge in [0.1, 0.15) is 0 Å². The molecule has 0 heterocycles. The molecule has 0 aliphatic carbocycles. The average molecular weight is 297 g/mol. The quantitative estimate of drug-likeness (QED) is 0.793. The van der Waals surface area contributed by atoms with Crippen LogP contribution < -0.4 is 16.0 Å². The molecule has 0 aromatic heterocycles. The van der Waals surface area contributed by atoms with Gasteiger partial charge in [-0.25, -0.2) is 4.79 Å². The second-order valence-corrected chi connectivity index (χ2v) is 4.74. The van der Waals surface area contributed by atoms with E-state index < -0.39 is 11.9 Å². The Morgan fingerprint density at radius 3 is 2.36 bits per heavy atom. The van der Waals surface area contributed by atoms with Crippen LogP contribution in [0.2, 0.25) is 0 Å². The van der Waals surface area contributed by atoms with Crippen molar-refractivity contribution in [3.8, 4) is 0 Å². The number of hydrogen-bond donors (Lipinski definition) is 3. The Kier molecular flexibility index (Phi) is 5.54. The largest absolute Gasteiger partial charge is 0.384 e. The van der Waals surface area contributed by atoms with Crippen LogP contribution in [0.3, 0.4) is 0 Å². The molecule has 2 rings (SSSR count). The first kappa shape index (κ1) is 15.6. The summed E-state index contributed by atoms with van der Waals surface area (Å²) in [5.41, 5.74) is 2.38. The number of carbonyl (C=O) groups is 2. The molecular formula is C17H19N3O2. The smallest absolute Gasteiger partial charge is 0.321 e. The molecule has 0 spiro atoms. The molecule has 0 unspecified atom stereocenters. The molecule has 0 aliphatic rings. The van der Waals surface area contributed by atoms with Crippen molar-refractivity contribution in [3.05, 3.63) is 65.7 Å². The van der Waals surface area contributed by atoms with E-state index in [0.717, 1.165) is 6.42 Å². The lowest BCUT2D eigenvalue weighted by atomic mass is 10.1. The average Bonchev–Trinajstić information content (AvgIpc) is 2.56. The van der Waals surface area contributed by atoms with Crippen molar-refractivity contribution in [1.82, 2.24) is 10.6 Å². The minimum absolute atomic E-state index is 0.429. The van der Waals surface area contributed by atoms with Gasteiger partial charge in [-0.05, 0) is 24.1 Å². The summed E-state index contributed by atoms with van der Waals surface area (Å²) in [4.78, 5) is 23.3. The highest BCUT2D eigenvalue weighted by Crippen LogP contribution is 2.15. The Morgan fingerprint density at radius 2 is 1.64 bits per heavy atom. The molecule has 3 amide bonds. The molecule has 0 atom stereocenters. The molecule has 0 bridgehead atoms. The van der Waals surface area contributed by atoms with E-state index in [1.807, 2.05) is 30.3 Å². The molecule has 0 saturated carbocycles. The number of para-hydroxylation sites is 1. The summed E-state index contributed by atoms with van der Waals surface area (Å²) in [6.45, 7) is 0.703. The van der Waals surface area contributed by atoms with Gasteiger partial charge in [0.15, 0.2) is 0 Å². The summed E-state index contributed by atoms with van der Waals surface area (Å²) >= 11 is 0. The highest BCUT2D eigenvalue weighted by molar-refractivity contribution is 6.07. The molecule has 3 N–H and O–H groups in total. The third kappa shape index (κ3) is 4.34. The number of anilines is 1. The van der Waals surface area contributed by atoms with E-state index in [1.54, 1.807) is 12.1 Å². The molecule has 2 aromatic carbocycles. The van der Waals surface area contributed by atoms with Crippen molar-refractivity contribution in [3.63, 3.8) is 0 Å². The molecule has 0 aliphatic heterocycles. The summed E-state index contributed by atoms with van der Waals surface area (Å²) in [5.74, 6) is -0.429. The molecule has 22 heavy (non-hydrogen) atoms. The molecule has 0 saturated heterocycles.